The zero-order valence-corrected chi connectivity index (χ0v) is 8.67. The Labute approximate surface area is 91.4 Å². The monoisotopic (exact) mass is 234 g/mol. The SMILES string of the molecule is COC(=O)[C@H](CO)NC(=O)[C@@H](N)CC(=O)O. The van der Waals surface area contributed by atoms with Crippen LogP contribution in [0.1, 0.15) is 6.42 Å². The predicted octanol–water partition coefficient (Wildman–Crippen LogP) is -2.56. The minimum atomic E-state index is -1.28. The molecule has 8 nitrogen and oxygen atoms in total. The van der Waals surface area contributed by atoms with Crippen molar-refractivity contribution in [1.82, 2.24) is 5.32 Å². The Hall–Kier alpha value is -1.67. The number of carboxylic acid groups (broad SMARTS) is 1. The number of ether oxygens (including phenoxy) is 1. The Balaban J connectivity index is 4.29. The number of aliphatic hydroxyl groups excluding tert-OH is 1. The third kappa shape index (κ3) is 4.71. The largest absolute Gasteiger partial charge is 0.481 e. The summed E-state index contributed by atoms with van der Waals surface area (Å²) in [4.78, 5) is 32.5. The predicted molar refractivity (Wildman–Crippen MR) is 51.3 cm³/mol. The number of carboxylic acids is 1. The first-order valence-corrected chi connectivity index (χ1v) is 4.38. The van der Waals surface area contributed by atoms with Crippen molar-refractivity contribution in [3.05, 3.63) is 0 Å². The van der Waals surface area contributed by atoms with E-state index in [4.69, 9.17) is 15.9 Å². The molecule has 0 saturated heterocycles. The summed E-state index contributed by atoms with van der Waals surface area (Å²) in [5.41, 5.74) is 5.24. The van der Waals surface area contributed by atoms with Crippen LogP contribution in [-0.4, -0.2) is 53.9 Å². The number of carbonyl (C=O) groups excluding carboxylic acids is 2. The molecule has 0 aromatic rings. The number of amides is 1. The summed E-state index contributed by atoms with van der Waals surface area (Å²) < 4.78 is 4.29. The number of hydrogen-bond acceptors (Lipinski definition) is 6. The van der Waals surface area contributed by atoms with Crippen molar-refractivity contribution < 1.29 is 29.3 Å². The maximum atomic E-state index is 11.2. The van der Waals surface area contributed by atoms with Crippen LogP contribution in [0.2, 0.25) is 0 Å². The fourth-order valence-corrected chi connectivity index (χ4v) is 0.881. The molecule has 0 fully saturated rings. The van der Waals surface area contributed by atoms with Crippen LogP contribution in [-0.2, 0) is 19.1 Å². The molecule has 0 aliphatic carbocycles. The van der Waals surface area contributed by atoms with Crippen molar-refractivity contribution >= 4 is 17.8 Å². The molecule has 0 aliphatic heterocycles. The van der Waals surface area contributed by atoms with E-state index in [0.717, 1.165) is 7.11 Å². The van der Waals surface area contributed by atoms with Gasteiger partial charge in [0.05, 0.1) is 26.2 Å². The molecule has 1 amide bonds. The van der Waals surface area contributed by atoms with E-state index in [9.17, 15) is 14.4 Å². The molecule has 92 valence electrons. The van der Waals surface area contributed by atoms with Crippen molar-refractivity contribution in [2.24, 2.45) is 5.73 Å². The van der Waals surface area contributed by atoms with Crippen LogP contribution in [0.15, 0.2) is 0 Å². The Bertz CT molecular complexity index is 280. The Morgan fingerprint density at radius 2 is 2.00 bits per heavy atom. The topological polar surface area (TPSA) is 139 Å². The number of nitrogens with two attached hydrogens (primary N) is 1. The molecular formula is C8H14N2O6. The summed E-state index contributed by atoms with van der Waals surface area (Å²) in [5.74, 6) is -2.91. The number of aliphatic carboxylic acids is 1. The van der Waals surface area contributed by atoms with Crippen LogP contribution in [0.25, 0.3) is 0 Å². The molecule has 0 unspecified atom stereocenters. The van der Waals surface area contributed by atoms with E-state index in [0.29, 0.717) is 0 Å². The lowest BCUT2D eigenvalue weighted by molar-refractivity contribution is -0.146. The lowest BCUT2D eigenvalue weighted by atomic mass is 10.2. The van der Waals surface area contributed by atoms with Gasteiger partial charge < -0.3 is 26.0 Å². The first kappa shape index (κ1) is 14.3. The van der Waals surface area contributed by atoms with Crippen molar-refractivity contribution in [3.8, 4) is 0 Å². The first-order chi connectivity index (χ1) is 7.42. The first-order valence-electron chi connectivity index (χ1n) is 4.38. The lowest BCUT2D eigenvalue weighted by Gasteiger charge is -2.16. The molecule has 5 N–H and O–H groups in total. The van der Waals surface area contributed by atoms with Gasteiger partial charge in [-0.25, -0.2) is 4.79 Å². The highest BCUT2D eigenvalue weighted by Gasteiger charge is 2.24. The zero-order valence-electron chi connectivity index (χ0n) is 8.67. The average molecular weight is 234 g/mol. The van der Waals surface area contributed by atoms with Gasteiger partial charge in [0.25, 0.3) is 0 Å². The van der Waals surface area contributed by atoms with E-state index in [2.05, 4.69) is 10.1 Å². The second kappa shape index (κ2) is 6.75. The summed E-state index contributed by atoms with van der Waals surface area (Å²) in [6.45, 7) is -0.655. The van der Waals surface area contributed by atoms with Gasteiger partial charge in [-0.1, -0.05) is 0 Å². The van der Waals surface area contributed by atoms with Crippen molar-refractivity contribution in [2.45, 2.75) is 18.5 Å². The molecule has 2 atom stereocenters. The highest BCUT2D eigenvalue weighted by molar-refractivity contribution is 5.89. The van der Waals surface area contributed by atoms with E-state index < -0.39 is 43.0 Å². The van der Waals surface area contributed by atoms with Crippen molar-refractivity contribution in [2.75, 3.05) is 13.7 Å². The normalized spacial score (nSPS) is 13.7. The molecule has 0 aromatic carbocycles. The number of rotatable bonds is 6. The number of hydrogen-bond donors (Lipinski definition) is 4. The van der Waals surface area contributed by atoms with Gasteiger partial charge in [0, 0.05) is 0 Å². The number of carbonyl (C=O) groups is 3. The molecule has 8 heteroatoms. The molecular weight excluding hydrogens is 220 g/mol. The summed E-state index contributed by atoms with van der Waals surface area (Å²) in [6, 6.07) is -2.52. The van der Waals surface area contributed by atoms with Crippen molar-refractivity contribution in [3.63, 3.8) is 0 Å². The minimum absolute atomic E-state index is 0.564. The van der Waals surface area contributed by atoms with Crippen LogP contribution in [0.4, 0.5) is 0 Å². The fourth-order valence-electron chi connectivity index (χ4n) is 0.881. The third-order valence-electron chi connectivity index (χ3n) is 1.72. The van der Waals surface area contributed by atoms with Gasteiger partial charge in [0.1, 0.15) is 0 Å². The van der Waals surface area contributed by atoms with Crippen LogP contribution in [0, 0.1) is 0 Å². The van der Waals surface area contributed by atoms with Gasteiger partial charge >= 0.3 is 11.9 Å². The number of methoxy groups -OCH3 is 1. The van der Waals surface area contributed by atoms with E-state index >= 15 is 0 Å². The fraction of sp³-hybridized carbons (Fsp3) is 0.625. The third-order valence-corrected chi connectivity index (χ3v) is 1.72. The molecule has 16 heavy (non-hydrogen) atoms. The molecule has 0 spiro atoms. The van der Waals surface area contributed by atoms with E-state index in [-0.39, 0.29) is 0 Å². The quantitative estimate of drug-likeness (QED) is 0.370. The highest BCUT2D eigenvalue weighted by Crippen LogP contribution is 1.92. The number of aliphatic hydroxyl groups is 1. The van der Waals surface area contributed by atoms with Gasteiger partial charge in [-0.3, -0.25) is 9.59 Å². The van der Waals surface area contributed by atoms with Gasteiger partial charge in [-0.2, -0.15) is 0 Å². The molecule has 0 radical (unpaired) electrons. The maximum absolute atomic E-state index is 11.2. The van der Waals surface area contributed by atoms with Crippen LogP contribution in [0.3, 0.4) is 0 Å². The van der Waals surface area contributed by atoms with Gasteiger partial charge in [0.2, 0.25) is 5.91 Å². The van der Waals surface area contributed by atoms with Crippen LogP contribution in [0.5, 0.6) is 0 Å². The second-order valence-corrected chi connectivity index (χ2v) is 2.97. The average Bonchev–Trinajstić information content (AvgIpc) is 2.23. The van der Waals surface area contributed by atoms with Crippen LogP contribution < -0.4 is 11.1 Å². The molecule has 0 aliphatic rings. The van der Waals surface area contributed by atoms with Crippen LogP contribution >= 0.6 is 0 Å². The molecule has 0 rings (SSSR count). The van der Waals surface area contributed by atoms with E-state index in [1.807, 2.05) is 0 Å². The van der Waals surface area contributed by atoms with E-state index in [1.165, 1.54) is 0 Å². The number of esters is 1. The van der Waals surface area contributed by atoms with Gasteiger partial charge in [-0.15, -0.1) is 0 Å². The molecule has 0 saturated carbocycles. The summed E-state index contributed by atoms with van der Waals surface area (Å²) >= 11 is 0. The summed E-state index contributed by atoms with van der Waals surface area (Å²) in [6.07, 6.45) is -0.564. The minimum Gasteiger partial charge on any atom is -0.481 e. The summed E-state index contributed by atoms with van der Waals surface area (Å²) in [7, 11) is 1.09. The standard InChI is InChI=1S/C8H14N2O6/c1-16-8(15)5(3-11)10-7(14)4(9)2-6(12)13/h4-5,11H,2-3,9H2,1H3,(H,10,14)(H,12,13)/t4-,5-/m0/s1. The highest BCUT2D eigenvalue weighted by atomic mass is 16.5. The number of nitrogens with one attached hydrogen (secondary N) is 1. The second-order valence-electron chi connectivity index (χ2n) is 2.97. The summed E-state index contributed by atoms with van der Waals surface area (Å²) in [5, 5.41) is 19.2. The molecule has 0 bridgehead atoms. The Morgan fingerprint density at radius 1 is 1.44 bits per heavy atom. The molecule has 0 heterocycles. The smallest absolute Gasteiger partial charge is 0.330 e. The van der Waals surface area contributed by atoms with Crippen molar-refractivity contribution in [1.29, 1.82) is 0 Å². The maximum Gasteiger partial charge on any atom is 0.330 e. The van der Waals surface area contributed by atoms with E-state index in [1.54, 1.807) is 0 Å². The molecule has 0 aromatic heterocycles. The van der Waals surface area contributed by atoms with Gasteiger partial charge in [-0.05, 0) is 0 Å². The Kier molecular flexibility index (Phi) is 6.04. The lowest BCUT2D eigenvalue weighted by Crippen LogP contribution is -2.50. The Morgan fingerprint density at radius 3 is 2.38 bits per heavy atom. The zero-order chi connectivity index (χ0) is 12.7. The van der Waals surface area contributed by atoms with Gasteiger partial charge in [0.15, 0.2) is 6.04 Å².